The van der Waals surface area contributed by atoms with Gasteiger partial charge in [-0.3, -0.25) is 4.79 Å². The van der Waals surface area contributed by atoms with Crippen LogP contribution in [0.4, 0.5) is 0 Å². The molecule has 1 radical (unpaired) electrons. The van der Waals surface area contributed by atoms with Gasteiger partial charge < -0.3 is 10.4 Å². The first-order valence-electron chi connectivity index (χ1n) is 5.16. The van der Waals surface area contributed by atoms with Gasteiger partial charge >= 0.3 is 5.97 Å². The zero-order chi connectivity index (χ0) is 9.68. The molecule has 4 heteroatoms. The Kier molecular flexibility index (Phi) is 7.92. The zero-order valence-corrected chi connectivity index (χ0v) is 11.3. The van der Waals surface area contributed by atoms with Gasteiger partial charge in [0, 0.05) is 41.6 Å². The summed E-state index contributed by atoms with van der Waals surface area (Å²) >= 11 is 0. The van der Waals surface area contributed by atoms with Gasteiger partial charge in [-0.2, -0.15) is 0 Å². The number of carbonyl (C=O) groups is 1. The van der Waals surface area contributed by atoms with E-state index >= 15 is 0 Å². The van der Waals surface area contributed by atoms with Crippen molar-refractivity contribution in [1.82, 2.24) is 5.32 Å². The fourth-order valence-corrected chi connectivity index (χ4v) is 1.99. The van der Waals surface area contributed by atoms with E-state index in [4.69, 9.17) is 5.11 Å². The van der Waals surface area contributed by atoms with Crippen molar-refractivity contribution >= 4 is 35.5 Å². The fraction of sp³-hybridized carbons (Fsp3) is 0.900. The zero-order valence-electron chi connectivity index (χ0n) is 9.25. The van der Waals surface area contributed by atoms with Gasteiger partial charge in [0.15, 0.2) is 0 Å². The number of rotatable bonds is 4. The van der Waals surface area contributed by atoms with Crippen molar-refractivity contribution in [3.8, 4) is 0 Å². The van der Waals surface area contributed by atoms with Crippen LogP contribution in [-0.4, -0.2) is 52.7 Å². The summed E-state index contributed by atoms with van der Waals surface area (Å²) in [5.41, 5.74) is 0. The summed E-state index contributed by atoms with van der Waals surface area (Å²) in [5, 5.41) is 11.9. The van der Waals surface area contributed by atoms with Crippen LogP contribution in [0.1, 0.15) is 45.4 Å². The molecule has 0 aromatic heterocycles. The minimum absolute atomic E-state index is 0. The van der Waals surface area contributed by atoms with Crippen molar-refractivity contribution in [3.63, 3.8) is 0 Å². The Bertz CT molecular complexity index is 170. The molecule has 3 nitrogen and oxygen atoms in total. The molecule has 0 spiro atoms. The smallest absolute Gasteiger partial charge is 0.304 e. The number of carboxylic acids is 1. The molecule has 0 aliphatic heterocycles. The summed E-state index contributed by atoms with van der Waals surface area (Å²) in [6.45, 7) is 1.95. The molecule has 77 valence electrons. The summed E-state index contributed by atoms with van der Waals surface area (Å²) < 4.78 is 0. The average molecular weight is 208 g/mol. The third-order valence-electron chi connectivity index (χ3n) is 2.61. The first-order valence-corrected chi connectivity index (χ1v) is 5.16. The minimum Gasteiger partial charge on any atom is -0.481 e. The first kappa shape index (κ1) is 14.4. The normalized spacial score (nSPS) is 19.8. The Labute approximate surface area is 108 Å². The van der Waals surface area contributed by atoms with Gasteiger partial charge in [-0.05, 0) is 19.8 Å². The van der Waals surface area contributed by atoms with Crippen LogP contribution in [0.5, 0.6) is 0 Å². The van der Waals surface area contributed by atoms with Gasteiger partial charge in [-0.15, -0.1) is 0 Å². The van der Waals surface area contributed by atoms with E-state index in [-0.39, 0.29) is 42.0 Å². The Morgan fingerprint density at radius 1 is 1.43 bits per heavy atom. The molecule has 14 heavy (non-hydrogen) atoms. The van der Waals surface area contributed by atoms with E-state index in [1.807, 2.05) is 6.92 Å². The van der Waals surface area contributed by atoms with Gasteiger partial charge in [-0.1, -0.05) is 19.3 Å². The van der Waals surface area contributed by atoms with Crippen LogP contribution < -0.4 is 5.32 Å². The van der Waals surface area contributed by atoms with Crippen molar-refractivity contribution in [1.29, 1.82) is 0 Å². The molecule has 2 N–H and O–H groups in total. The average Bonchev–Trinajstić information content (AvgIpc) is 2.04. The van der Waals surface area contributed by atoms with E-state index in [0.29, 0.717) is 6.04 Å². The molecule has 0 amide bonds. The maximum absolute atomic E-state index is 10.4. The molecule has 1 aliphatic carbocycles. The van der Waals surface area contributed by atoms with Crippen molar-refractivity contribution in [2.24, 2.45) is 0 Å². The molecule has 0 bridgehead atoms. The second-order valence-electron chi connectivity index (χ2n) is 4.00. The van der Waals surface area contributed by atoms with Gasteiger partial charge in [-0.25, -0.2) is 0 Å². The standard InChI is InChI=1S/C10H19NO2.Na/c1-8(7-10(12)13)11-9-5-3-2-4-6-9;/h8-9,11H,2-7H2,1H3,(H,12,13);. The quantitative estimate of drug-likeness (QED) is 0.686. The van der Waals surface area contributed by atoms with Gasteiger partial charge in [0.05, 0.1) is 6.42 Å². The summed E-state index contributed by atoms with van der Waals surface area (Å²) in [6, 6.07) is 0.670. The summed E-state index contributed by atoms with van der Waals surface area (Å²) in [6.07, 6.45) is 6.57. The largest absolute Gasteiger partial charge is 0.481 e. The minimum atomic E-state index is -0.712. The molecule has 1 saturated carbocycles. The molecular weight excluding hydrogens is 189 g/mol. The van der Waals surface area contributed by atoms with Gasteiger partial charge in [0.25, 0.3) is 0 Å². The molecule has 1 unspecified atom stereocenters. The number of hydrogen-bond donors (Lipinski definition) is 2. The third kappa shape index (κ3) is 6.02. The first-order chi connectivity index (χ1) is 6.18. The molecule has 1 rings (SSSR count). The molecule has 0 saturated heterocycles. The molecule has 0 aromatic rings. The Morgan fingerprint density at radius 3 is 2.50 bits per heavy atom. The summed E-state index contributed by atoms with van der Waals surface area (Å²) in [5.74, 6) is -0.712. The topological polar surface area (TPSA) is 49.3 Å². The number of nitrogens with one attached hydrogen (secondary N) is 1. The van der Waals surface area contributed by atoms with Crippen LogP contribution in [-0.2, 0) is 4.79 Å². The van der Waals surface area contributed by atoms with E-state index in [1.165, 1.54) is 32.1 Å². The Morgan fingerprint density at radius 2 is 2.00 bits per heavy atom. The predicted octanol–water partition coefficient (Wildman–Crippen LogP) is 1.39. The maximum atomic E-state index is 10.4. The SMILES string of the molecule is CC(CC(=O)O)NC1CCCCC1.[Na]. The van der Waals surface area contributed by atoms with Crippen LogP contribution in [0.25, 0.3) is 0 Å². The van der Waals surface area contributed by atoms with Crippen LogP contribution in [0.3, 0.4) is 0 Å². The van der Waals surface area contributed by atoms with Crippen LogP contribution in [0.2, 0.25) is 0 Å². The molecule has 1 aliphatic rings. The van der Waals surface area contributed by atoms with E-state index < -0.39 is 5.97 Å². The summed E-state index contributed by atoms with van der Waals surface area (Å²) in [7, 11) is 0. The number of hydrogen-bond acceptors (Lipinski definition) is 2. The summed E-state index contributed by atoms with van der Waals surface area (Å²) in [4.78, 5) is 10.4. The predicted molar refractivity (Wildman–Crippen MR) is 57.5 cm³/mol. The Balaban J connectivity index is 0.00000169. The van der Waals surface area contributed by atoms with Gasteiger partial charge in [0.1, 0.15) is 0 Å². The van der Waals surface area contributed by atoms with Crippen molar-refractivity contribution < 1.29 is 9.90 Å². The van der Waals surface area contributed by atoms with Crippen molar-refractivity contribution in [2.45, 2.75) is 57.5 Å². The monoisotopic (exact) mass is 208 g/mol. The van der Waals surface area contributed by atoms with E-state index in [9.17, 15) is 4.79 Å². The van der Waals surface area contributed by atoms with Crippen LogP contribution >= 0.6 is 0 Å². The number of carboxylic acid groups (broad SMARTS) is 1. The van der Waals surface area contributed by atoms with Crippen LogP contribution in [0.15, 0.2) is 0 Å². The molecule has 0 heterocycles. The maximum Gasteiger partial charge on any atom is 0.304 e. The van der Waals surface area contributed by atoms with Gasteiger partial charge in [0.2, 0.25) is 0 Å². The molecule has 1 fully saturated rings. The van der Waals surface area contributed by atoms with E-state index in [2.05, 4.69) is 5.32 Å². The second-order valence-corrected chi connectivity index (χ2v) is 4.00. The third-order valence-corrected chi connectivity index (χ3v) is 2.61. The van der Waals surface area contributed by atoms with E-state index in [0.717, 1.165) is 0 Å². The molecular formula is C10H19NNaO2. The van der Waals surface area contributed by atoms with Crippen molar-refractivity contribution in [3.05, 3.63) is 0 Å². The number of aliphatic carboxylic acids is 1. The Hall–Kier alpha value is 0.430. The van der Waals surface area contributed by atoms with E-state index in [1.54, 1.807) is 0 Å². The molecule has 1 atom stereocenters. The fourth-order valence-electron chi connectivity index (χ4n) is 1.99. The van der Waals surface area contributed by atoms with Crippen LogP contribution in [0, 0.1) is 0 Å². The molecule has 0 aromatic carbocycles. The van der Waals surface area contributed by atoms with Crippen molar-refractivity contribution in [2.75, 3.05) is 0 Å². The second kappa shape index (κ2) is 7.69.